The summed E-state index contributed by atoms with van der Waals surface area (Å²) in [4.78, 5) is 2.61. The minimum Gasteiger partial charge on any atom is -0.315 e. The molecule has 0 aliphatic carbocycles. The predicted octanol–water partition coefficient (Wildman–Crippen LogP) is 3.13. The van der Waals surface area contributed by atoms with Crippen molar-refractivity contribution in [3.05, 3.63) is 0 Å². The molecule has 0 aliphatic heterocycles. The summed E-state index contributed by atoms with van der Waals surface area (Å²) in [6.45, 7) is 17.1. The summed E-state index contributed by atoms with van der Waals surface area (Å²) in [7, 11) is 0. The lowest BCUT2D eigenvalue weighted by molar-refractivity contribution is 0.149. The molecule has 98 valence electrons. The maximum atomic E-state index is 3.60. The van der Waals surface area contributed by atoms with Crippen LogP contribution in [0.25, 0.3) is 0 Å². The molecule has 0 radical (unpaired) electrons. The van der Waals surface area contributed by atoms with E-state index in [1.807, 2.05) is 0 Å². The molecule has 0 aliphatic rings. The third-order valence-electron chi connectivity index (χ3n) is 3.05. The van der Waals surface area contributed by atoms with Crippen LogP contribution in [-0.4, -0.2) is 36.6 Å². The summed E-state index contributed by atoms with van der Waals surface area (Å²) < 4.78 is 0. The summed E-state index contributed by atoms with van der Waals surface area (Å²) in [5.41, 5.74) is 0. The Morgan fingerprint density at radius 2 is 1.62 bits per heavy atom. The quantitative estimate of drug-likeness (QED) is 0.652. The van der Waals surface area contributed by atoms with Gasteiger partial charge in [0.1, 0.15) is 0 Å². The highest BCUT2D eigenvalue weighted by atomic mass is 15.2. The van der Waals surface area contributed by atoms with Gasteiger partial charge >= 0.3 is 0 Å². The van der Waals surface area contributed by atoms with Gasteiger partial charge in [-0.15, -0.1) is 0 Å². The minimum absolute atomic E-state index is 0.655. The molecule has 0 aromatic rings. The van der Waals surface area contributed by atoms with Gasteiger partial charge in [0.2, 0.25) is 0 Å². The molecule has 0 bridgehead atoms. The molecular weight excluding hydrogens is 196 g/mol. The minimum atomic E-state index is 0.655. The Morgan fingerprint density at radius 1 is 1.00 bits per heavy atom. The Balaban J connectivity index is 4.12. The van der Waals surface area contributed by atoms with Crippen LogP contribution in [0.1, 0.15) is 54.4 Å². The third-order valence-corrected chi connectivity index (χ3v) is 3.05. The molecule has 0 spiro atoms. The van der Waals surface area contributed by atoms with Crippen LogP contribution in [0, 0.1) is 5.92 Å². The van der Waals surface area contributed by atoms with Crippen molar-refractivity contribution >= 4 is 0 Å². The van der Waals surface area contributed by atoms with E-state index < -0.39 is 0 Å². The summed E-state index contributed by atoms with van der Waals surface area (Å²) in [5, 5.41) is 3.60. The largest absolute Gasteiger partial charge is 0.315 e. The van der Waals surface area contributed by atoms with Gasteiger partial charge in [0, 0.05) is 18.6 Å². The van der Waals surface area contributed by atoms with E-state index in [1.54, 1.807) is 0 Å². The molecule has 1 unspecified atom stereocenters. The Labute approximate surface area is 103 Å². The molecular formula is C14H32N2. The fourth-order valence-corrected chi connectivity index (χ4v) is 2.30. The van der Waals surface area contributed by atoms with Crippen molar-refractivity contribution in [3.8, 4) is 0 Å². The van der Waals surface area contributed by atoms with Gasteiger partial charge in [-0.1, -0.05) is 34.1 Å². The Morgan fingerprint density at radius 3 is 2.00 bits per heavy atom. The highest BCUT2D eigenvalue weighted by Crippen LogP contribution is 2.10. The Bertz CT molecular complexity index is 155. The number of hydrogen-bond donors (Lipinski definition) is 1. The zero-order chi connectivity index (χ0) is 12.6. The van der Waals surface area contributed by atoms with E-state index in [4.69, 9.17) is 0 Å². The maximum absolute atomic E-state index is 3.60. The lowest BCUT2D eigenvalue weighted by atomic mass is 10.1. The fraction of sp³-hybridized carbons (Fsp3) is 1.00. The van der Waals surface area contributed by atoms with E-state index >= 15 is 0 Å². The lowest BCUT2D eigenvalue weighted by Gasteiger charge is -2.34. The first-order chi connectivity index (χ1) is 7.52. The van der Waals surface area contributed by atoms with Crippen LogP contribution in [0.3, 0.4) is 0 Å². The van der Waals surface area contributed by atoms with Crippen LogP contribution in [0.2, 0.25) is 0 Å². The van der Waals surface area contributed by atoms with Crippen molar-refractivity contribution in [2.45, 2.75) is 66.5 Å². The summed E-state index contributed by atoms with van der Waals surface area (Å²) in [6, 6.07) is 1.36. The van der Waals surface area contributed by atoms with Gasteiger partial charge in [-0.3, -0.25) is 4.90 Å². The standard InChI is InChI=1S/C14H32N2/c1-7-9-14(11-15-10-12(3)4)16(8-2)13(5)6/h12-15H,7-11H2,1-6H3. The third kappa shape index (κ3) is 6.49. The molecule has 1 atom stereocenters. The molecule has 0 saturated heterocycles. The number of nitrogens with zero attached hydrogens (tertiary/aromatic N) is 1. The molecule has 1 N–H and O–H groups in total. The highest BCUT2D eigenvalue weighted by Gasteiger charge is 2.18. The molecule has 2 heteroatoms. The van der Waals surface area contributed by atoms with Crippen LogP contribution in [-0.2, 0) is 0 Å². The lowest BCUT2D eigenvalue weighted by Crippen LogP contribution is -2.46. The van der Waals surface area contributed by atoms with Crippen molar-refractivity contribution in [2.24, 2.45) is 5.92 Å². The smallest absolute Gasteiger partial charge is 0.0223 e. The Kier molecular flexibility index (Phi) is 8.96. The van der Waals surface area contributed by atoms with Gasteiger partial charge in [-0.25, -0.2) is 0 Å². The molecule has 2 nitrogen and oxygen atoms in total. The fourth-order valence-electron chi connectivity index (χ4n) is 2.30. The van der Waals surface area contributed by atoms with E-state index in [9.17, 15) is 0 Å². The number of hydrogen-bond acceptors (Lipinski definition) is 2. The van der Waals surface area contributed by atoms with Crippen LogP contribution in [0.4, 0.5) is 0 Å². The second-order valence-electron chi connectivity index (χ2n) is 5.42. The van der Waals surface area contributed by atoms with Gasteiger partial charge in [0.05, 0.1) is 0 Å². The van der Waals surface area contributed by atoms with Crippen molar-refractivity contribution < 1.29 is 0 Å². The van der Waals surface area contributed by atoms with Crippen molar-refractivity contribution in [1.82, 2.24) is 10.2 Å². The highest BCUT2D eigenvalue weighted by molar-refractivity contribution is 4.76. The topological polar surface area (TPSA) is 15.3 Å². The van der Waals surface area contributed by atoms with E-state index in [0.717, 1.165) is 25.6 Å². The van der Waals surface area contributed by atoms with Gasteiger partial charge in [-0.05, 0) is 39.3 Å². The second kappa shape index (κ2) is 9.00. The van der Waals surface area contributed by atoms with Gasteiger partial charge in [0.15, 0.2) is 0 Å². The molecule has 0 fully saturated rings. The molecule has 16 heavy (non-hydrogen) atoms. The molecule has 0 rings (SSSR count). The Hall–Kier alpha value is -0.0800. The zero-order valence-corrected chi connectivity index (χ0v) is 12.2. The predicted molar refractivity (Wildman–Crippen MR) is 73.9 cm³/mol. The normalized spacial score (nSPS) is 14.1. The summed E-state index contributed by atoms with van der Waals surface area (Å²) in [6.07, 6.45) is 2.58. The SMILES string of the molecule is CCCC(CNCC(C)C)N(CC)C(C)C. The average Bonchev–Trinajstić information content (AvgIpc) is 2.17. The van der Waals surface area contributed by atoms with Crippen LogP contribution in [0.5, 0.6) is 0 Å². The number of likely N-dealkylation sites (N-methyl/N-ethyl adjacent to an activating group) is 1. The molecule has 0 saturated carbocycles. The summed E-state index contributed by atoms with van der Waals surface area (Å²) in [5.74, 6) is 0.747. The van der Waals surface area contributed by atoms with Crippen LogP contribution < -0.4 is 5.32 Å². The van der Waals surface area contributed by atoms with Crippen molar-refractivity contribution in [2.75, 3.05) is 19.6 Å². The molecule has 0 aromatic heterocycles. The monoisotopic (exact) mass is 228 g/mol. The first-order valence-corrected chi connectivity index (χ1v) is 6.99. The van der Waals surface area contributed by atoms with Gasteiger partial charge in [-0.2, -0.15) is 0 Å². The molecule has 0 heterocycles. The van der Waals surface area contributed by atoms with E-state index in [-0.39, 0.29) is 0 Å². The van der Waals surface area contributed by atoms with Gasteiger partial charge in [0.25, 0.3) is 0 Å². The second-order valence-corrected chi connectivity index (χ2v) is 5.42. The summed E-state index contributed by atoms with van der Waals surface area (Å²) >= 11 is 0. The first kappa shape index (κ1) is 15.9. The molecule has 0 aromatic carbocycles. The maximum Gasteiger partial charge on any atom is 0.0223 e. The number of nitrogens with one attached hydrogen (secondary N) is 1. The molecule has 0 amide bonds. The van der Waals surface area contributed by atoms with E-state index in [2.05, 4.69) is 51.8 Å². The van der Waals surface area contributed by atoms with E-state index in [1.165, 1.54) is 12.8 Å². The first-order valence-electron chi connectivity index (χ1n) is 6.99. The van der Waals surface area contributed by atoms with Crippen LogP contribution in [0.15, 0.2) is 0 Å². The van der Waals surface area contributed by atoms with Gasteiger partial charge < -0.3 is 5.32 Å². The number of rotatable bonds is 9. The average molecular weight is 228 g/mol. The van der Waals surface area contributed by atoms with E-state index in [0.29, 0.717) is 12.1 Å². The van der Waals surface area contributed by atoms with Crippen LogP contribution >= 0.6 is 0 Å². The zero-order valence-electron chi connectivity index (χ0n) is 12.2. The van der Waals surface area contributed by atoms with Crippen molar-refractivity contribution in [3.63, 3.8) is 0 Å². The van der Waals surface area contributed by atoms with Crippen molar-refractivity contribution in [1.29, 1.82) is 0 Å².